The van der Waals surface area contributed by atoms with Gasteiger partial charge in [-0.05, 0) is 24.3 Å². The first-order chi connectivity index (χ1) is 8.63. The summed E-state index contributed by atoms with van der Waals surface area (Å²) in [5, 5.41) is 2.63. The lowest BCUT2D eigenvalue weighted by Crippen LogP contribution is -2.19. The molecule has 0 aliphatic heterocycles. The highest BCUT2D eigenvalue weighted by Gasteiger charge is 2.04. The molecule has 0 saturated carbocycles. The molecule has 1 aromatic carbocycles. The Bertz CT molecular complexity index is 403. The number of carbonyl (C=O) groups excluding carboxylic acids is 2. The van der Waals surface area contributed by atoms with Crippen LogP contribution in [0.4, 0.5) is 5.69 Å². The summed E-state index contributed by atoms with van der Waals surface area (Å²) in [5.41, 5.74) is 6.08. The van der Waals surface area contributed by atoms with Crippen LogP contribution in [-0.4, -0.2) is 38.7 Å². The van der Waals surface area contributed by atoms with E-state index < -0.39 is 5.91 Å². The van der Waals surface area contributed by atoms with Gasteiger partial charge in [0.2, 0.25) is 11.8 Å². The van der Waals surface area contributed by atoms with Gasteiger partial charge < -0.3 is 20.5 Å². The molecular weight excluding hydrogens is 236 g/mol. The van der Waals surface area contributed by atoms with Crippen LogP contribution in [0.5, 0.6) is 0 Å². The highest BCUT2D eigenvalue weighted by molar-refractivity contribution is 5.95. The van der Waals surface area contributed by atoms with E-state index in [0.717, 1.165) is 0 Å². The molecule has 0 aliphatic rings. The van der Waals surface area contributed by atoms with E-state index in [4.69, 9.17) is 15.2 Å². The van der Waals surface area contributed by atoms with Gasteiger partial charge in [-0.25, -0.2) is 0 Å². The van der Waals surface area contributed by atoms with Crippen LogP contribution in [-0.2, 0) is 14.3 Å². The van der Waals surface area contributed by atoms with Crippen molar-refractivity contribution in [2.75, 3.05) is 32.2 Å². The summed E-state index contributed by atoms with van der Waals surface area (Å²) in [7, 11) is 1.56. The number of primary amides is 1. The van der Waals surface area contributed by atoms with Crippen LogP contribution in [0.1, 0.15) is 10.4 Å². The Morgan fingerprint density at radius 3 is 2.44 bits per heavy atom. The molecule has 3 N–H and O–H groups in total. The average Bonchev–Trinajstić information content (AvgIpc) is 2.35. The van der Waals surface area contributed by atoms with E-state index in [1.807, 2.05) is 0 Å². The summed E-state index contributed by atoms with van der Waals surface area (Å²) in [6.07, 6.45) is 0. The maximum atomic E-state index is 11.4. The van der Waals surface area contributed by atoms with Crippen molar-refractivity contribution in [2.45, 2.75) is 0 Å². The zero-order valence-corrected chi connectivity index (χ0v) is 10.1. The largest absolute Gasteiger partial charge is 0.382 e. The van der Waals surface area contributed by atoms with Crippen LogP contribution >= 0.6 is 0 Å². The maximum absolute atomic E-state index is 11.4. The molecule has 2 amide bonds. The van der Waals surface area contributed by atoms with E-state index in [0.29, 0.717) is 24.5 Å². The van der Waals surface area contributed by atoms with Crippen LogP contribution in [0, 0.1) is 0 Å². The number of hydrogen-bond acceptors (Lipinski definition) is 4. The minimum Gasteiger partial charge on any atom is -0.382 e. The van der Waals surface area contributed by atoms with Crippen molar-refractivity contribution in [1.82, 2.24) is 0 Å². The van der Waals surface area contributed by atoms with Crippen LogP contribution in [0.2, 0.25) is 0 Å². The lowest BCUT2D eigenvalue weighted by molar-refractivity contribution is -0.121. The van der Waals surface area contributed by atoms with E-state index in [2.05, 4.69) is 5.32 Å². The van der Waals surface area contributed by atoms with Gasteiger partial charge >= 0.3 is 0 Å². The van der Waals surface area contributed by atoms with Gasteiger partial charge in [0, 0.05) is 18.4 Å². The molecule has 0 aliphatic carbocycles. The number of methoxy groups -OCH3 is 1. The molecular formula is C12H16N2O4. The molecule has 0 radical (unpaired) electrons. The second kappa shape index (κ2) is 7.41. The van der Waals surface area contributed by atoms with Crippen LogP contribution < -0.4 is 11.1 Å². The summed E-state index contributed by atoms with van der Waals surface area (Å²) in [6, 6.07) is 6.30. The first kappa shape index (κ1) is 14.1. The molecule has 1 aromatic rings. The average molecular weight is 252 g/mol. The predicted molar refractivity (Wildman–Crippen MR) is 66.3 cm³/mol. The molecule has 0 fully saturated rings. The molecule has 1 rings (SSSR count). The first-order valence-corrected chi connectivity index (χ1v) is 5.40. The third-order valence-electron chi connectivity index (χ3n) is 2.12. The van der Waals surface area contributed by atoms with Gasteiger partial charge in [0.1, 0.15) is 6.61 Å². The molecule has 98 valence electrons. The Labute approximate surface area is 105 Å². The Balaban J connectivity index is 2.37. The zero-order valence-electron chi connectivity index (χ0n) is 10.1. The highest BCUT2D eigenvalue weighted by atomic mass is 16.5. The number of hydrogen-bond donors (Lipinski definition) is 2. The lowest BCUT2D eigenvalue weighted by atomic mass is 10.2. The Morgan fingerprint density at radius 2 is 1.89 bits per heavy atom. The van der Waals surface area contributed by atoms with Gasteiger partial charge in [-0.1, -0.05) is 0 Å². The fraction of sp³-hybridized carbons (Fsp3) is 0.333. The fourth-order valence-electron chi connectivity index (χ4n) is 1.22. The second-order valence-electron chi connectivity index (χ2n) is 3.54. The quantitative estimate of drug-likeness (QED) is 0.687. The van der Waals surface area contributed by atoms with Gasteiger partial charge in [0.05, 0.1) is 13.2 Å². The van der Waals surface area contributed by atoms with Crippen LogP contribution in [0.3, 0.4) is 0 Å². The van der Waals surface area contributed by atoms with Crippen molar-refractivity contribution in [3.63, 3.8) is 0 Å². The van der Waals surface area contributed by atoms with E-state index in [-0.39, 0.29) is 12.5 Å². The zero-order chi connectivity index (χ0) is 13.4. The Kier molecular flexibility index (Phi) is 5.83. The summed E-state index contributed by atoms with van der Waals surface area (Å²) in [6.45, 7) is 0.770. The molecule has 6 nitrogen and oxygen atoms in total. The molecule has 0 saturated heterocycles. The number of nitrogens with two attached hydrogens (primary N) is 1. The fourth-order valence-corrected chi connectivity index (χ4v) is 1.22. The lowest BCUT2D eigenvalue weighted by Gasteiger charge is -2.06. The summed E-state index contributed by atoms with van der Waals surface area (Å²) >= 11 is 0. The summed E-state index contributed by atoms with van der Waals surface area (Å²) in [5.74, 6) is -0.770. The first-order valence-electron chi connectivity index (χ1n) is 5.40. The summed E-state index contributed by atoms with van der Waals surface area (Å²) < 4.78 is 9.84. The minimum absolute atomic E-state index is 0.0407. The number of anilines is 1. The molecule has 0 heterocycles. The third-order valence-corrected chi connectivity index (χ3v) is 2.12. The number of ether oxygens (including phenoxy) is 2. The van der Waals surface area contributed by atoms with Gasteiger partial charge in [0.25, 0.3) is 0 Å². The SMILES string of the molecule is COCCOCC(=O)Nc1ccc(C(N)=O)cc1. The number of benzene rings is 1. The Morgan fingerprint density at radius 1 is 1.22 bits per heavy atom. The highest BCUT2D eigenvalue weighted by Crippen LogP contribution is 2.08. The van der Waals surface area contributed by atoms with Crippen molar-refractivity contribution < 1.29 is 19.1 Å². The van der Waals surface area contributed by atoms with Crippen molar-refractivity contribution >= 4 is 17.5 Å². The Hall–Kier alpha value is -1.92. The molecule has 0 unspecified atom stereocenters. The van der Waals surface area contributed by atoms with E-state index >= 15 is 0 Å². The predicted octanol–water partition coefficient (Wildman–Crippen LogP) is 0.387. The second-order valence-corrected chi connectivity index (χ2v) is 3.54. The van der Waals surface area contributed by atoms with Gasteiger partial charge in [-0.15, -0.1) is 0 Å². The van der Waals surface area contributed by atoms with Gasteiger partial charge in [0.15, 0.2) is 0 Å². The maximum Gasteiger partial charge on any atom is 0.250 e. The van der Waals surface area contributed by atoms with E-state index in [9.17, 15) is 9.59 Å². The monoisotopic (exact) mass is 252 g/mol. The third kappa shape index (κ3) is 4.94. The van der Waals surface area contributed by atoms with Crippen LogP contribution in [0.25, 0.3) is 0 Å². The number of rotatable bonds is 7. The molecule has 0 aromatic heterocycles. The van der Waals surface area contributed by atoms with Crippen molar-refractivity contribution in [3.8, 4) is 0 Å². The summed E-state index contributed by atoms with van der Waals surface area (Å²) in [4.78, 5) is 22.3. The van der Waals surface area contributed by atoms with Crippen LogP contribution in [0.15, 0.2) is 24.3 Å². The molecule has 0 atom stereocenters. The van der Waals surface area contributed by atoms with E-state index in [1.54, 1.807) is 31.4 Å². The van der Waals surface area contributed by atoms with Gasteiger partial charge in [-0.2, -0.15) is 0 Å². The normalized spacial score (nSPS) is 10.1. The van der Waals surface area contributed by atoms with Crippen molar-refractivity contribution in [3.05, 3.63) is 29.8 Å². The standard InChI is InChI=1S/C12H16N2O4/c1-17-6-7-18-8-11(15)14-10-4-2-9(3-5-10)12(13)16/h2-5H,6-8H2,1H3,(H2,13,16)(H,14,15). The van der Waals surface area contributed by atoms with Crippen molar-refractivity contribution in [1.29, 1.82) is 0 Å². The van der Waals surface area contributed by atoms with Gasteiger partial charge in [-0.3, -0.25) is 9.59 Å². The number of amides is 2. The van der Waals surface area contributed by atoms with Crippen molar-refractivity contribution in [2.24, 2.45) is 5.73 Å². The molecule has 0 spiro atoms. The molecule has 0 bridgehead atoms. The van der Waals surface area contributed by atoms with E-state index in [1.165, 1.54) is 0 Å². The number of nitrogens with one attached hydrogen (secondary N) is 1. The molecule has 18 heavy (non-hydrogen) atoms. The topological polar surface area (TPSA) is 90.7 Å². The molecule has 6 heteroatoms. The smallest absolute Gasteiger partial charge is 0.250 e. The minimum atomic E-state index is -0.504. The number of carbonyl (C=O) groups is 2.